The molecule has 1 unspecified atom stereocenters. The molecule has 1 fully saturated rings. The number of benzene rings is 1. The lowest BCUT2D eigenvalue weighted by molar-refractivity contribution is 0.415. The third-order valence-corrected chi connectivity index (χ3v) is 4.34. The Balaban J connectivity index is 1.96. The molecule has 1 aliphatic heterocycles. The van der Waals surface area contributed by atoms with E-state index in [9.17, 15) is 0 Å². The average molecular weight is 258 g/mol. The van der Waals surface area contributed by atoms with E-state index in [1.165, 1.54) is 17.9 Å². The largest absolute Gasteiger partial charge is 0.497 e. The van der Waals surface area contributed by atoms with Crippen molar-refractivity contribution in [3.63, 3.8) is 0 Å². The first-order valence-corrected chi connectivity index (χ1v) is 6.98. The summed E-state index contributed by atoms with van der Waals surface area (Å²) in [6, 6.07) is 5.69. The van der Waals surface area contributed by atoms with Crippen LogP contribution in [0.25, 0.3) is 0 Å². The maximum absolute atomic E-state index is 6.12. The van der Waals surface area contributed by atoms with Crippen LogP contribution in [-0.2, 0) is 0 Å². The van der Waals surface area contributed by atoms with Crippen LogP contribution >= 0.6 is 23.4 Å². The maximum atomic E-state index is 6.12. The van der Waals surface area contributed by atoms with Gasteiger partial charge in [-0.25, -0.2) is 0 Å². The first-order valence-electron chi connectivity index (χ1n) is 5.45. The summed E-state index contributed by atoms with van der Waals surface area (Å²) in [5.41, 5.74) is 0.970. The zero-order chi connectivity index (χ0) is 11.4. The number of anilines is 1. The zero-order valence-corrected chi connectivity index (χ0v) is 10.9. The Morgan fingerprint density at radius 3 is 3.12 bits per heavy atom. The van der Waals surface area contributed by atoms with E-state index < -0.39 is 0 Å². The van der Waals surface area contributed by atoms with Crippen molar-refractivity contribution >= 4 is 29.1 Å². The highest BCUT2D eigenvalue weighted by molar-refractivity contribution is 7.99. The first-order chi connectivity index (χ1) is 7.79. The highest BCUT2D eigenvalue weighted by Crippen LogP contribution is 2.28. The summed E-state index contributed by atoms with van der Waals surface area (Å²) in [5.74, 6) is 4.16. The zero-order valence-electron chi connectivity index (χ0n) is 9.33. The van der Waals surface area contributed by atoms with E-state index in [2.05, 4.69) is 5.32 Å². The third-order valence-electron chi connectivity index (χ3n) is 2.78. The topological polar surface area (TPSA) is 21.3 Å². The van der Waals surface area contributed by atoms with Crippen molar-refractivity contribution in [3.05, 3.63) is 23.2 Å². The van der Waals surface area contributed by atoms with Crippen LogP contribution < -0.4 is 10.1 Å². The second kappa shape index (κ2) is 5.69. The molecule has 1 heterocycles. The molecule has 1 N–H and O–H groups in total. The number of hydrogen-bond acceptors (Lipinski definition) is 3. The van der Waals surface area contributed by atoms with Crippen LogP contribution in [0, 0.1) is 5.92 Å². The molecule has 88 valence electrons. The molecular weight excluding hydrogens is 242 g/mol. The van der Waals surface area contributed by atoms with Crippen LogP contribution in [0.4, 0.5) is 5.69 Å². The monoisotopic (exact) mass is 257 g/mol. The minimum atomic E-state index is 0.756. The minimum absolute atomic E-state index is 0.756. The van der Waals surface area contributed by atoms with Gasteiger partial charge in [0.15, 0.2) is 0 Å². The smallest absolute Gasteiger partial charge is 0.121 e. The van der Waals surface area contributed by atoms with Gasteiger partial charge in [0.25, 0.3) is 0 Å². The molecule has 0 aromatic heterocycles. The summed E-state index contributed by atoms with van der Waals surface area (Å²) in [7, 11) is 1.67. The number of thioether (sulfide) groups is 1. The summed E-state index contributed by atoms with van der Waals surface area (Å²) in [4.78, 5) is 0. The maximum Gasteiger partial charge on any atom is 0.121 e. The molecule has 1 saturated heterocycles. The molecule has 4 heteroatoms. The van der Waals surface area contributed by atoms with Crippen LogP contribution in [-0.4, -0.2) is 25.2 Å². The predicted octanol–water partition coefficient (Wildman–Crippen LogP) is 3.51. The molecule has 1 aromatic carbocycles. The summed E-state index contributed by atoms with van der Waals surface area (Å²) < 4.78 is 5.18. The van der Waals surface area contributed by atoms with Gasteiger partial charge in [0, 0.05) is 12.6 Å². The normalized spacial score (nSPS) is 19.8. The Hall–Kier alpha value is -0.540. The lowest BCUT2D eigenvalue weighted by Gasteiger charge is -2.13. The van der Waals surface area contributed by atoms with Gasteiger partial charge < -0.3 is 10.1 Å². The van der Waals surface area contributed by atoms with Crippen molar-refractivity contribution in [1.29, 1.82) is 0 Å². The Kier molecular flexibility index (Phi) is 4.24. The third kappa shape index (κ3) is 2.98. The molecule has 2 rings (SSSR count). The number of methoxy groups -OCH3 is 1. The van der Waals surface area contributed by atoms with Gasteiger partial charge in [0.05, 0.1) is 17.8 Å². The molecule has 0 radical (unpaired) electrons. The van der Waals surface area contributed by atoms with E-state index in [1.807, 2.05) is 30.0 Å². The lowest BCUT2D eigenvalue weighted by atomic mass is 10.1. The Morgan fingerprint density at radius 2 is 2.44 bits per heavy atom. The standard InChI is InChI=1S/C12H16ClNOS/c1-15-10-2-3-11(13)12(6-10)14-7-9-4-5-16-8-9/h2-3,6,9,14H,4-5,7-8H2,1H3. The molecule has 1 atom stereocenters. The van der Waals surface area contributed by atoms with Gasteiger partial charge in [0.2, 0.25) is 0 Å². The molecule has 0 spiro atoms. The van der Waals surface area contributed by atoms with Gasteiger partial charge in [-0.2, -0.15) is 11.8 Å². The number of nitrogens with one attached hydrogen (secondary N) is 1. The fourth-order valence-electron chi connectivity index (χ4n) is 1.77. The molecule has 0 bridgehead atoms. The average Bonchev–Trinajstić information content (AvgIpc) is 2.81. The molecule has 2 nitrogen and oxygen atoms in total. The SMILES string of the molecule is COc1ccc(Cl)c(NCC2CCSC2)c1. The van der Waals surface area contributed by atoms with Crippen LogP contribution in [0.2, 0.25) is 5.02 Å². The quantitative estimate of drug-likeness (QED) is 0.892. The van der Waals surface area contributed by atoms with Gasteiger partial charge in [-0.15, -0.1) is 0 Å². The Labute approximate surface area is 106 Å². The predicted molar refractivity (Wildman–Crippen MR) is 71.9 cm³/mol. The van der Waals surface area contributed by atoms with E-state index in [0.717, 1.165) is 28.9 Å². The van der Waals surface area contributed by atoms with Crippen molar-refractivity contribution in [2.45, 2.75) is 6.42 Å². The molecule has 1 aromatic rings. The van der Waals surface area contributed by atoms with Crippen molar-refractivity contribution < 1.29 is 4.74 Å². The van der Waals surface area contributed by atoms with E-state index in [1.54, 1.807) is 7.11 Å². The number of halogens is 1. The van der Waals surface area contributed by atoms with E-state index in [0.29, 0.717) is 0 Å². The molecule has 0 saturated carbocycles. The van der Waals surface area contributed by atoms with E-state index in [-0.39, 0.29) is 0 Å². The molecule has 1 aliphatic rings. The van der Waals surface area contributed by atoms with Crippen LogP contribution in [0.15, 0.2) is 18.2 Å². The number of hydrogen-bond donors (Lipinski definition) is 1. The highest BCUT2D eigenvalue weighted by Gasteiger charge is 2.15. The van der Waals surface area contributed by atoms with Crippen molar-refractivity contribution in [2.75, 3.05) is 30.5 Å². The molecular formula is C12H16ClNOS. The summed E-state index contributed by atoms with van der Waals surface area (Å²) in [5, 5.41) is 4.16. The lowest BCUT2D eigenvalue weighted by Crippen LogP contribution is -2.13. The van der Waals surface area contributed by atoms with Crippen LogP contribution in [0.3, 0.4) is 0 Å². The fourth-order valence-corrected chi connectivity index (χ4v) is 3.23. The second-order valence-electron chi connectivity index (χ2n) is 3.96. The Bertz CT molecular complexity index is 353. The van der Waals surface area contributed by atoms with Crippen LogP contribution in [0.5, 0.6) is 5.75 Å². The van der Waals surface area contributed by atoms with E-state index >= 15 is 0 Å². The van der Waals surface area contributed by atoms with Crippen LogP contribution in [0.1, 0.15) is 6.42 Å². The van der Waals surface area contributed by atoms with Gasteiger partial charge in [-0.1, -0.05) is 11.6 Å². The molecule has 0 aliphatic carbocycles. The summed E-state index contributed by atoms with van der Waals surface area (Å²) >= 11 is 8.15. The van der Waals surface area contributed by atoms with Gasteiger partial charge in [0.1, 0.15) is 5.75 Å². The highest BCUT2D eigenvalue weighted by atomic mass is 35.5. The molecule has 16 heavy (non-hydrogen) atoms. The first kappa shape index (κ1) is 11.9. The number of ether oxygens (including phenoxy) is 1. The Morgan fingerprint density at radius 1 is 1.56 bits per heavy atom. The van der Waals surface area contributed by atoms with Crippen molar-refractivity contribution in [3.8, 4) is 5.75 Å². The van der Waals surface area contributed by atoms with Gasteiger partial charge in [-0.05, 0) is 36.0 Å². The van der Waals surface area contributed by atoms with Gasteiger partial charge in [-0.3, -0.25) is 0 Å². The molecule has 0 amide bonds. The van der Waals surface area contributed by atoms with E-state index in [4.69, 9.17) is 16.3 Å². The second-order valence-corrected chi connectivity index (χ2v) is 5.51. The summed E-state index contributed by atoms with van der Waals surface area (Å²) in [6.07, 6.45) is 1.30. The summed E-state index contributed by atoms with van der Waals surface area (Å²) in [6.45, 7) is 1.000. The number of rotatable bonds is 4. The minimum Gasteiger partial charge on any atom is -0.497 e. The van der Waals surface area contributed by atoms with Crippen molar-refractivity contribution in [1.82, 2.24) is 0 Å². The van der Waals surface area contributed by atoms with Crippen molar-refractivity contribution in [2.24, 2.45) is 5.92 Å². The van der Waals surface area contributed by atoms with Gasteiger partial charge >= 0.3 is 0 Å². The fraction of sp³-hybridized carbons (Fsp3) is 0.500.